The first-order valence-corrected chi connectivity index (χ1v) is 10.1. The molecule has 0 fully saturated rings. The highest BCUT2D eigenvalue weighted by molar-refractivity contribution is 14.0. The van der Waals surface area contributed by atoms with Crippen LogP contribution in [0, 0.1) is 13.8 Å². The van der Waals surface area contributed by atoms with Crippen molar-refractivity contribution in [2.24, 2.45) is 12.0 Å². The maximum Gasteiger partial charge on any atom is 0.191 e. The second-order valence-electron chi connectivity index (χ2n) is 7.17. The molecule has 1 heterocycles. The standard InChI is InChI=1S/C22H35N5O.HI/c1-7-23-22(25-15-13-21-17(3)26-27(5)18(21)4)24-14-12-16(2)19-8-10-20(28-6)11-9-19;/h8-11,16H,7,12-15H2,1-6H3,(H2,23,24,25);1H. The van der Waals surface area contributed by atoms with Crippen LogP contribution in [0.3, 0.4) is 0 Å². The first-order chi connectivity index (χ1) is 13.5. The van der Waals surface area contributed by atoms with Gasteiger partial charge in [0.1, 0.15) is 5.75 Å². The fourth-order valence-corrected chi connectivity index (χ4v) is 3.30. The second kappa shape index (κ2) is 12.7. The topological polar surface area (TPSA) is 63.5 Å². The zero-order valence-electron chi connectivity index (χ0n) is 18.6. The Kier molecular flexibility index (Phi) is 11.1. The molecule has 0 aliphatic heterocycles. The number of guanidine groups is 1. The number of rotatable bonds is 9. The maximum absolute atomic E-state index is 5.23. The predicted octanol–water partition coefficient (Wildman–Crippen LogP) is 3.95. The molecular weight excluding hydrogens is 477 g/mol. The highest BCUT2D eigenvalue weighted by atomic mass is 127. The van der Waals surface area contributed by atoms with Gasteiger partial charge in [-0.15, -0.1) is 24.0 Å². The molecular formula is C22H36IN5O. The normalized spacial score (nSPS) is 12.3. The molecule has 0 spiro atoms. The first-order valence-electron chi connectivity index (χ1n) is 10.1. The largest absolute Gasteiger partial charge is 0.497 e. The zero-order valence-corrected chi connectivity index (χ0v) is 20.9. The number of aromatic nitrogens is 2. The van der Waals surface area contributed by atoms with Gasteiger partial charge >= 0.3 is 0 Å². The number of ether oxygens (including phenoxy) is 1. The number of hydrogen-bond acceptors (Lipinski definition) is 3. The first kappa shape index (κ1) is 25.3. The molecule has 6 nitrogen and oxygen atoms in total. The molecule has 0 aliphatic carbocycles. The number of hydrogen-bond donors (Lipinski definition) is 2. The Bertz CT molecular complexity index is 770. The van der Waals surface area contributed by atoms with Crippen molar-refractivity contribution >= 4 is 29.9 Å². The van der Waals surface area contributed by atoms with Crippen LogP contribution in [0.1, 0.15) is 48.7 Å². The van der Waals surface area contributed by atoms with Crippen molar-refractivity contribution in [3.63, 3.8) is 0 Å². The van der Waals surface area contributed by atoms with Gasteiger partial charge in [-0.1, -0.05) is 19.1 Å². The van der Waals surface area contributed by atoms with Crippen LogP contribution in [0.25, 0.3) is 0 Å². The van der Waals surface area contributed by atoms with Crippen LogP contribution in [0.5, 0.6) is 5.75 Å². The quantitative estimate of drug-likeness (QED) is 0.303. The van der Waals surface area contributed by atoms with E-state index in [1.165, 1.54) is 16.8 Å². The number of methoxy groups -OCH3 is 1. The molecule has 162 valence electrons. The molecule has 29 heavy (non-hydrogen) atoms. The van der Waals surface area contributed by atoms with E-state index in [0.29, 0.717) is 5.92 Å². The summed E-state index contributed by atoms with van der Waals surface area (Å²) in [5.74, 6) is 2.23. The van der Waals surface area contributed by atoms with Gasteiger partial charge in [0.15, 0.2) is 5.96 Å². The van der Waals surface area contributed by atoms with Gasteiger partial charge in [0.25, 0.3) is 0 Å². The third kappa shape index (κ3) is 7.53. The molecule has 0 bridgehead atoms. The van der Waals surface area contributed by atoms with E-state index in [1.807, 2.05) is 23.9 Å². The van der Waals surface area contributed by atoms with E-state index in [2.05, 4.69) is 55.6 Å². The summed E-state index contributed by atoms with van der Waals surface area (Å²) < 4.78 is 7.18. The van der Waals surface area contributed by atoms with Gasteiger partial charge in [-0.25, -0.2) is 0 Å². The molecule has 2 N–H and O–H groups in total. The molecule has 0 saturated heterocycles. The highest BCUT2D eigenvalue weighted by Crippen LogP contribution is 2.21. The van der Waals surface area contributed by atoms with E-state index in [-0.39, 0.29) is 24.0 Å². The van der Waals surface area contributed by atoms with E-state index in [4.69, 9.17) is 9.73 Å². The van der Waals surface area contributed by atoms with E-state index < -0.39 is 0 Å². The summed E-state index contributed by atoms with van der Waals surface area (Å²) >= 11 is 0. The molecule has 7 heteroatoms. The van der Waals surface area contributed by atoms with Crippen molar-refractivity contribution in [2.75, 3.05) is 26.7 Å². The van der Waals surface area contributed by atoms with E-state index in [9.17, 15) is 0 Å². The molecule has 0 amide bonds. The lowest BCUT2D eigenvalue weighted by atomic mass is 9.98. The van der Waals surface area contributed by atoms with Crippen molar-refractivity contribution in [2.45, 2.75) is 46.5 Å². The Labute approximate surface area is 192 Å². The molecule has 1 unspecified atom stereocenters. The summed E-state index contributed by atoms with van der Waals surface area (Å²) in [5.41, 5.74) is 4.97. The van der Waals surface area contributed by atoms with Crippen LogP contribution >= 0.6 is 24.0 Å². The molecule has 1 aromatic heterocycles. The van der Waals surface area contributed by atoms with Crippen molar-refractivity contribution < 1.29 is 4.74 Å². The molecule has 2 rings (SSSR count). The Hall–Kier alpha value is -1.77. The second-order valence-corrected chi connectivity index (χ2v) is 7.17. The minimum absolute atomic E-state index is 0. The van der Waals surface area contributed by atoms with Gasteiger partial charge in [0.05, 0.1) is 12.8 Å². The van der Waals surface area contributed by atoms with Crippen molar-refractivity contribution in [1.82, 2.24) is 20.4 Å². The average Bonchev–Trinajstić information content (AvgIpc) is 2.93. The van der Waals surface area contributed by atoms with Crippen molar-refractivity contribution in [1.29, 1.82) is 0 Å². The number of nitrogens with one attached hydrogen (secondary N) is 2. The fraction of sp³-hybridized carbons (Fsp3) is 0.545. The molecule has 0 saturated carbocycles. The van der Waals surface area contributed by atoms with Crippen LogP contribution in [-0.4, -0.2) is 42.5 Å². The lowest BCUT2D eigenvalue weighted by molar-refractivity contribution is 0.414. The third-order valence-electron chi connectivity index (χ3n) is 5.19. The van der Waals surface area contributed by atoms with Gasteiger partial charge in [-0.05, 0) is 62.8 Å². The summed E-state index contributed by atoms with van der Waals surface area (Å²) in [4.78, 5) is 4.74. The summed E-state index contributed by atoms with van der Waals surface area (Å²) in [6.45, 7) is 11.0. The number of halogens is 1. The SMILES string of the molecule is CCNC(=NCCC(C)c1ccc(OC)cc1)NCCc1c(C)nn(C)c1C.I. The lowest BCUT2D eigenvalue weighted by Gasteiger charge is -2.14. The molecule has 2 aromatic rings. The Morgan fingerprint density at radius 2 is 1.90 bits per heavy atom. The fourth-order valence-electron chi connectivity index (χ4n) is 3.30. The van der Waals surface area contributed by atoms with Crippen molar-refractivity contribution in [3.8, 4) is 5.75 Å². The summed E-state index contributed by atoms with van der Waals surface area (Å²) in [5, 5.41) is 11.3. The lowest BCUT2D eigenvalue weighted by Crippen LogP contribution is -2.38. The van der Waals surface area contributed by atoms with Crippen molar-refractivity contribution in [3.05, 3.63) is 46.8 Å². The molecule has 0 radical (unpaired) electrons. The van der Waals surface area contributed by atoms with Crippen LogP contribution in [-0.2, 0) is 13.5 Å². The Morgan fingerprint density at radius 1 is 1.21 bits per heavy atom. The van der Waals surface area contributed by atoms with Gasteiger partial charge in [0, 0.05) is 32.4 Å². The Morgan fingerprint density at radius 3 is 2.45 bits per heavy atom. The van der Waals surface area contributed by atoms with Gasteiger partial charge in [-0.3, -0.25) is 9.67 Å². The molecule has 0 aliphatic rings. The number of nitrogens with zero attached hydrogens (tertiary/aromatic N) is 3. The summed E-state index contributed by atoms with van der Waals surface area (Å²) in [7, 11) is 3.69. The van der Waals surface area contributed by atoms with Crippen LogP contribution in [0.4, 0.5) is 0 Å². The van der Waals surface area contributed by atoms with E-state index in [1.54, 1.807) is 7.11 Å². The van der Waals surface area contributed by atoms with E-state index in [0.717, 1.165) is 49.9 Å². The predicted molar refractivity (Wildman–Crippen MR) is 132 cm³/mol. The maximum atomic E-state index is 5.23. The Balaban J connectivity index is 0.00000420. The monoisotopic (exact) mass is 513 g/mol. The summed E-state index contributed by atoms with van der Waals surface area (Å²) in [6.07, 6.45) is 1.95. The van der Waals surface area contributed by atoms with Crippen LogP contribution in [0.2, 0.25) is 0 Å². The minimum atomic E-state index is 0. The molecule has 1 aromatic carbocycles. The smallest absolute Gasteiger partial charge is 0.191 e. The highest BCUT2D eigenvalue weighted by Gasteiger charge is 2.09. The van der Waals surface area contributed by atoms with Crippen LogP contribution < -0.4 is 15.4 Å². The minimum Gasteiger partial charge on any atom is -0.497 e. The molecule has 1 atom stereocenters. The van der Waals surface area contributed by atoms with Gasteiger partial charge in [0.2, 0.25) is 0 Å². The third-order valence-corrected chi connectivity index (χ3v) is 5.19. The van der Waals surface area contributed by atoms with Gasteiger partial charge in [-0.2, -0.15) is 5.10 Å². The van der Waals surface area contributed by atoms with Crippen LogP contribution in [0.15, 0.2) is 29.3 Å². The number of benzene rings is 1. The zero-order chi connectivity index (χ0) is 20.5. The average molecular weight is 513 g/mol. The van der Waals surface area contributed by atoms with Gasteiger partial charge < -0.3 is 15.4 Å². The summed E-state index contributed by atoms with van der Waals surface area (Å²) in [6, 6.07) is 8.30. The van der Waals surface area contributed by atoms with E-state index >= 15 is 0 Å². The number of aliphatic imine (C=N–C) groups is 1. The number of aryl methyl sites for hydroxylation is 2.